The van der Waals surface area contributed by atoms with Crippen molar-refractivity contribution in [2.45, 2.75) is 44.2 Å². The van der Waals surface area contributed by atoms with E-state index in [9.17, 15) is 9.90 Å². The summed E-state index contributed by atoms with van der Waals surface area (Å²) in [4.78, 5) is 13.2. The number of hydrogen-bond donors (Lipinski definition) is 2. The van der Waals surface area contributed by atoms with Gasteiger partial charge in [0.05, 0.1) is 12.0 Å². The molecule has 0 amide bonds. The third kappa shape index (κ3) is 2.32. The van der Waals surface area contributed by atoms with Crippen LogP contribution in [-0.4, -0.2) is 46.3 Å². The standard InChI is InChI=1S/C11H19NO3/c13-8-3-2-6-12(7-8)10-5-1-4-9(10)11(14)15/h8-10,13H,1-7H2,(H,14,15). The molecule has 86 valence electrons. The van der Waals surface area contributed by atoms with Crippen LogP contribution in [0.4, 0.5) is 0 Å². The number of likely N-dealkylation sites (tertiary alicyclic amines) is 1. The van der Waals surface area contributed by atoms with Gasteiger partial charge < -0.3 is 10.2 Å². The lowest BCUT2D eigenvalue weighted by Gasteiger charge is -2.36. The molecule has 3 unspecified atom stereocenters. The third-order valence-electron chi connectivity index (χ3n) is 3.69. The molecule has 2 aliphatic rings. The van der Waals surface area contributed by atoms with Crippen LogP contribution in [0.2, 0.25) is 0 Å². The predicted molar refractivity (Wildman–Crippen MR) is 55.6 cm³/mol. The number of piperidine rings is 1. The lowest BCUT2D eigenvalue weighted by molar-refractivity contribution is -0.143. The number of carboxylic acids is 1. The fourth-order valence-electron chi connectivity index (χ4n) is 2.95. The van der Waals surface area contributed by atoms with Gasteiger partial charge >= 0.3 is 5.97 Å². The summed E-state index contributed by atoms with van der Waals surface area (Å²) in [6, 6.07) is 0.164. The molecular weight excluding hydrogens is 194 g/mol. The first-order valence-corrected chi connectivity index (χ1v) is 5.83. The zero-order valence-corrected chi connectivity index (χ0v) is 8.93. The smallest absolute Gasteiger partial charge is 0.308 e. The van der Waals surface area contributed by atoms with E-state index in [4.69, 9.17) is 5.11 Å². The molecule has 1 aliphatic carbocycles. The van der Waals surface area contributed by atoms with Crippen molar-refractivity contribution < 1.29 is 15.0 Å². The van der Waals surface area contributed by atoms with Crippen molar-refractivity contribution in [3.05, 3.63) is 0 Å². The number of rotatable bonds is 2. The average Bonchev–Trinajstić information content (AvgIpc) is 2.65. The number of β-amino-alcohol motifs (C(OH)–C–C–N with tert-alkyl or cyclic N) is 1. The van der Waals surface area contributed by atoms with Gasteiger partial charge in [-0.3, -0.25) is 9.69 Å². The molecule has 0 spiro atoms. The number of carbonyl (C=O) groups is 1. The van der Waals surface area contributed by atoms with Gasteiger partial charge in [0.1, 0.15) is 0 Å². The topological polar surface area (TPSA) is 60.8 Å². The largest absolute Gasteiger partial charge is 0.481 e. The molecule has 1 saturated heterocycles. The van der Waals surface area contributed by atoms with E-state index in [2.05, 4.69) is 4.90 Å². The van der Waals surface area contributed by atoms with Crippen molar-refractivity contribution in [3.8, 4) is 0 Å². The molecular formula is C11H19NO3. The number of carboxylic acid groups (broad SMARTS) is 1. The number of aliphatic hydroxyl groups excluding tert-OH is 1. The summed E-state index contributed by atoms with van der Waals surface area (Å²) in [5.41, 5.74) is 0. The van der Waals surface area contributed by atoms with E-state index in [0.717, 1.165) is 38.6 Å². The van der Waals surface area contributed by atoms with Crippen LogP contribution in [0.5, 0.6) is 0 Å². The second kappa shape index (κ2) is 4.49. The Hall–Kier alpha value is -0.610. The van der Waals surface area contributed by atoms with E-state index < -0.39 is 5.97 Å². The molecule has 15 heavy (non-hydrogen) atoms. The normalized spacial score (nSPS) is 38.1. The maximum atomic E-state index is 11.0. The molecule has 0 aromatic carbocycles. The molecule has 1 saturated carbocycles. The van der Waals surface area contributed by atoms with E-state index in [1.807, 2.05) is 0 Å². The van der Waals surface area contributed by atoms with Crippen LogP contribution in [0.15, 0.2) is 0 Å². The van der Waals surface area contributed by atoms with Crippen molar-refractivity contribution in [1.29, 1.82) is 0 Å². The minimum Gasteiger partial charge on any atom is -0.481 e. The second-order valence-corrected chi connectivity index (χ2v) is 4.73. The number of aliphatic carboxylic acids is 1. The highest BCUT2D eigenvalue weighted by atomic mass is 16.4. The molecule has 0 aromatic heterocycles. The van der Waals surface area contributed by atoms with E-state index in [-0.39, 0.29) is 18.1 Å². The minimum absolute atomic E-state index is 0.164. The van der Waals surface area contributed by atoms with Gasteiger partial charge in [0.2, 0.25) is 0 Å². The van der Waals surface area contributed by atoms with Gasteiger partial charge in [-0.2, -0.15) is 0 Å². The summed E-state index contributed by atoms with van der Waals surface area (Å²) >= 11 is 0. The van der Waals surface area contributed by atoms with E-state index in [1.165, 1.54) is 0 Å². The summed E-state index contributed by atoms with van der Waals surface area (Å²) in [6.07, 6.45) is 4.38. The highest BCUT2D eigenvalue weighted by molar-refractivity contribution is 5.71. The van der Waals surface area contributed by atoms with Crippen LogP contribution in [0.1, 0.15) is 32.1 Å². The highest BCUT2D eigenvalue weighted by Crippen LogP contribution is 2.31. The molecule has 0 aromatic rings. The van der Waals surface area contributed by atoms with Gasteiger partial charge in [-0.25, -0.2) is 0 Å². The van der Waals surface area contributed by atoms with Crippen molar-refractivity contribution in [2.75, 3.05) is 13.1 Å². The Morgan fingerprint density at radius 2 is 2.00 bits per heavy atom. The zero-order chi connectivity index (χ0) is 10.8. The maximum absolute atomic E-state index is 11.0. The fourth-order valence-corrected chi connectivity index (χ4v) is 2.95. The summed E-state index contributed by atoms with van der Waals surface area (Å²) in [6.45, 7) is 1.61. The highest BCUT2D eigenvalue weighted by Gasteiger charge is 2.38. The van der Waals surface area contributed by atoms with Crippen molar-refractivity contribution in [1.82, 2.24) is 4.90 Å². The summed E-state index contributed by atoms with van der Waals surface area (Å²) < 4.78 is 0. The lowest BCUT2D eigenvalue weighted by Crippen LogP contribution is -2.47. The van der Waals surface area contributed by atoms with E-state index >= 15 is 0 Å². The van der Waals surface area contributed by atoms with Gasteiger partial charge in [0, 0.05) is 12.6 Å². The van der Waals surface area contributed by atoms with E-state index in [0.29, 0.717) is 6.54 Å². The van der Waals surface area contributed by atoms with Crippen LogP contribution in [-0.2, 0) is 4.79 Å². The first-order chi connectivity index (χ1) is 7.18. The molecule has 3 atom stereocenters. The minimum atomic E-state index is -0.669. The number of hydrogen-bond acceptors (Lipinski definition) is 3. The van der Waals surface area contributed by atoms with E-state index in [1.54, 1.807) is 0 Å². The van der Waals surface area contributed by atoms with Crippen molar-refractivity contribution in [3.63, 3.8) is 0 Å². The molecule has 2 fully saturated rings. The molecule has 0 radical (unpaired) electrons. The zero-order valence-electron chi connectivity index (χ0n) is 8.93. The summed E-state index contributed by atoms with van der Waals surface area (Å²) in [7, 11) is 0. The SMILES string of the molecule is O=C(O)C1CCCC1N1CCCC(O)C1. The Morgan fingerprint density at radius 1 is 1.20 bits per heavy atom. The summed E-state index contributed by atoms with van der Waals surface area (Å²) in [5, 5.41) is 18.7. The van der Waals surface area contributed by atoms with Gasteiger partial charge in [0.25, 0.3) is 0 Å². The van der Waals surface area contributed by atoms with Gasteiger partial charge in [-0.1, -0.05) is 6.42 Å². The Kier molecular flexibility index (Phi) is 3.26. The van der Waals surface area contributed by atoms with Crippen LogP contribution in [0.3, 0.4) is 0 Å². The van der Waals surface area contributed by atoms with Gasteiger partial charge in [-0.15, -0.1) is 0 Å². The molecule has 4 heteroatoms. The molecule has 2 rings (SSSR count). The number of nitrogens with zero attached hydrogens (tertiary/aromatic N) is 1. The molecule has 2 N–H and O–H groups in total. The van der Waals surface area contributed by atoms with Gasteiger partial charge in [-0.05, 0) is 32.2 Å². The quantitative estimate of drug-likeness (QED) is 0.708. The summed E-state index contributed by atoms with van der Waals surface area (Å²) in [5.74, 6) is -0.882. The Bertz CT molecular complexity index is 244. The second-order valence-electron chi connectivity index (χ2n) is 4.73. The lowest BCUT2D eigenvalue weighted by atomic mass is 9.98. The molecule has 4 nitrogen and oxygen atoms in total. The first-order valence-electron chi connectivity index (χ1n) is 5.83. The van der Waals surface area contributed by atoms with Crippen molar-refractivity contribution in [2.24, 2.45) is 5.92 Å². The van der Waals surface area contributed by atoms with Gasteiger partial charge in [0.15, 0.2) is 0 Å². The Morgan fingerprint density at radius 3 is 2.67 bits per heavy atom. The molecule has 0 bridgehead atoms. The maximum Gasteiger partial charge on any atom is 0.308 e. The molecule has 1 heterocycles. The molecule has 1 aliphatic heterocycles. The Balaban J connectivity index is 1.99. The average molecular weight is 213 g/mol. The van der Waals surface area contributed by atoms with Crippen molar-refractivity contribution >= 4 is 5.97 Å². The van der Waals surface area contributed by atoms with Crippen LogP contribution in [0, 0.1) is 5.92 Å². The van der Waals surface area contributed by atoms with Crippen LogP contribution < -0.4 is 0 Å². The monoisotopic (exact) mass is 213 g/mol. The fraction of sp³-hybridized carbons (Fsp3) is 0.909. The number of aliphatic hydroxyl groups is 1. The Labute approximate surface area is 89.9 Å². The van der Waals surface area contributed by atoms with Crippen LogP contribution >= 0.6 is 0 Å². The van der Waals surface area contributed by atoms with Crippen LogP contribution in [0.25, 0.3) is 0 Å². The third-order valence-corrected chi connectivity index (χ3v) is 3.69. The predicted octanol–water partition coefficient (Wildman–Crippen LogP) is 0.696. The first kappa shape index (κ1) is 10.9.